The Balaban J connectivity index is 1.76. The van der Waals surface area contributed by atoms with Crippen LogP contribution in [-0.2, 0) is 14.8 Å². The van der Waals surface area contributed by atoms with Crippen LogP contribution in [0, 0.1) is 0 Å². The number of Topliss-reactive ketones (excluding diaryl/α,β-unsaturated/α-hetero) is 1. The second-order valence-electron chi connectivity index (χ2n) is 6.59. The lowest BCUT2D eigenvalue weighted by Crippen LogP contribution is -2.35. The zero-order valence-corrected chi connectivity index (χ0v) is 18.6. The van der Waals surface area contributed by atoms with Crippen molar-refractivity contribution >= 4 is 49.3 Å². The Morgan fingerprint density at radius 3 is 2.45 bits per heavy atom. The summed E-state index contributed by atoms with van der Waals surface area (Å²) in [4.78, 5) is 24.5. The summed E-state index contributed by atoms with van der Waals surface area (Å²) in [5.41, 5.74) is 0.412. The van der Waals surface area contributed by atoms with Gasteiger partial charge in [0.2, 0.25) is 15.8 Å². The average Bonchev–Trinajstić information content (AvgIpc) is 2.73. The zero-order valence-electron chi connectivity index (χ0n) is 15.4. The lowest BCUT2D eigenvalue weighted by atomic mass is 10.1. The van der Waals surface area contributed by atoms with Gasteiger partial charge in [-0.1, -0.05) is 52.2 Å². The smallest absolute Gasteiger partial charge is 0.338 e. The molecule has 154 valence electrons. The van der Waals surface area contributed by atoms with Crippen molar-refractivity contribution in [2.45, 2.75) is 24.2 Å². The SMILES string of the molecule is O=C(OCC(=O)c1ccccc1Br)c1ccc(Cl)c(S(=O)(=O)N2CCCCC2)c1. The Bertz CT molecular complexity index is 1030. The van der Waals surface area contributed by atoms with Crippen molar-refractivity contribution < 1.29 is 22.7 Å². The molecule has 0 aliphatic carbocycles. The molecule has 0 unspecified atom stereocenters. The molecule has 0 radical (unpaired) electrons. The third kappa shape index (κ3) is 5.06. The van der Waals surface area contributed by atoms with Crippen molar-refractivity contribution in [3.8, 4) is 0 Å². The van der Waals surface area contributed by atoms with E-state index in [0.717, 1.165) is 19.3 Å². The molecule has 0 atom stereocenters. The van der Waals surface area contributed by atoms with E-state index in [1.165, 1.54) is 22.5 Å². The number of sulfonamides is 1. The molecule has 0 saturated carbocycles. The number of hydrogen-bond acceptors (Lipinski definition) is 5. The molecule has 1 aliphatic heterocycles. The topological polar surface area (TPSA) is 80.8 Å². The molecule has 0 amide bonds. The molecular weight excluding hydrogens is 482 g/mol. The molecule has 0 N–H and O–H groups in total. The molecule has 1 heterocycles. The summed E-state index contributed by atoms with van der Waals surface area (Å²) in [7, 11) is -3.81. The summed E-state index contributed by atoms with van der Waals surface area (Å²) < 4.78 is 32.9. The minimum Gasteiger partial charge on any atom is -0.454 e. The van der Waals surface area contributed by atoms with Crippen LogP contribution < -0.4 is 0 Å². The van der Waals surface area contributed by atoms with Crippen LogP contribution in [0.3, 0.4) is 0 Å². The molecule has 2 aromatic rings. The maximum Gasteiger partial charge on any atom is 0.338 e. The van der Waals surface area contributed by atoms with Gasteiger partial charge < -0.3 is 4.74 Å². The van der Waals surface area contributed by atoms with Gasteiger partial charge in [-0.25, -0.2) is 13.2 Å². The standard InChI is InChI=1S/C20H19BrClNO5S/c21-16-7-3-2-6-15(16)18(24)13-28-20(25)14-8-9-17(22)19(12-14)29(26,27)23-10-4-1-5-11-23/h2-3,6-9,12H,1,4-5,10-11,13H2. The quantitative estimate of drug-likeness (QED) is 0.436. The fraction of sp³-hybridized carbons (Fsp3) is 0.300. The first-order chi connectivity index (χ1) is 13.8. The first kappa shape index (κ1) is 22.0. The van der Waals surface area contributed by atoms with Crippen LogP contribution in [0.15, 0.2) is 51.8 Å². The number of carbonyl (C=O) groups excluding carboxylic acids is 2. The van der Waals surface area contributed by atoms with Crippen molar-refractivity contribution in [1.29, 1.82) is 0 Å². The summed E-state index contributed by atoms with van der Waals surface area (Å²) in [6.07, 6.45) is 2.56. The molecule has 9 heteroatoms. The highest BCUT2D eigenvalue weighted by Gasteiger charge is 2.29. The molecule has 1 saturated heterocycles. The number of ketones is 1. The van der Waals surface area contributed by atoms with E-state index in [0.29, 0.717) is 23.1 Å². The van der Waals surface area contributed by atoms with Crippen LogP contribution in [0.25, 0.3) is 0 Å². The van der Waals surface area contributed by atoms with Crippen molar-refractivity contribution in [3.63, 3.8) is 0 Å². The number of halogens is 2. The van der Waals surface area contributed by atoms with E-state index in [1.807, 2.05) is 0 Å². The van der Waals surface area contributed by atoms with E-state index < -0.39 is 22.6 Å². The maximum absolute atomic E-state index is 12.9. The van der Waals surface area contributed by atoms with Gasteiger partial charge in [-0.05, 0) is 37.1 Å². The van der Waals surface area contributed by atoms with Crippen molar-refractivity contribution in [3.05, 3.63) is 63.1 Å². The Labute approximate surface area is 183 Å². The highest BCUT2D eigenvalue weighted by atomic mass is 79.9. The molecule has 1 fully saturated rings. The van der Waals surface area contributed by atoms with E-state index in [4.69, 9.17) is 16.3 Å². The van der Waals surface area contributed by atoms with Gasteiger partial charge in [0.15, 0.2) is 6.61 Å². The molecule has 2 aromatic carbocycles. The second-order valence-corrected chi connectivity index (χ2v) is 9.76. The van der Waals surface area contributed by atoms with Crippen LogP contribution in [0.5, 0.6) is 0 Å². The van der Waals surface area contributed by atoms with Crippen LogP contribution in [0.4, 0.5) is 0 Å². The van der Waals surface area contributed by atoms with Crippen molar-refractivity contribution in [2.24, 2.45) is 0 Å². The van der Waals surface area contributed by atoms with Crippen LogP contribution in [0.2, 0.25) is 5.02 Å². The van der Waals surface area contributed by atoms with E-state index in [-0.39, 0.29) is 21.3 Å². The van der Waals surface area contributed by atoms with E-state index >= 15 is 0 Å². The summed E-state index contributed by atoms with van der Waals surface area (Å²) >= 11 is 9.39. The van der Waals surface area contributed by atoms with Gasteiger partial charge >= 0.3 is 5.97 Å². The fourth-order valence-corrected chi connectivity index (χ4v) is 5.58. The van der Waals surface area contributed by atoms with Crippen molar-refractivity contribution in [1.82, 2.24) is 4.31 Å². The molecule has 0 spiro atoms. The van der Waals surface area contributed by atoms with Gasteiger partial charge in [-0.15, -0.1) is 0 Å². The van der Waals surface area contributed by atoms with Gasteiger partial charge in [0.05, 0.1) is 10.6 Å². The minimum atomic E-state index is -3.81. The van der Waals surface area contributed by atoms with Crippen LogP contribution >= 0.6 is 27.5 Å². The number of benzene rings is 2. The predicted molar refractivity (Wildman–Crippen MR) is 113 cm³/mol. The highest BCUT2D eigenvalue weighted by molar-refractivity contribution is 9.10. The second kappa shape index (κ2) is 9.38. The third-order valence-corrected chi connectivity index (χ3v) is 7.68. The van der Waals surface area contributed by atoms with Gasteiger partial charge in [0, 0.05) is 23.1 Å². The predicted octanol–water partition coefficient (Wildman–Crippen LogP) is 4.32. The Morgan fingerprint density at radius 2 is 1.76 bits per heavy atom. The molecule has 1 aliphatic rings. The van der Waals surface area contributed by atoms with E-state index in [9.17, 15) is 18.0 Å². The Morgan fingerprint density at radius 1 is 1.07 bits per heavy atom. The van der Waals surface area contributed by atoms with E-state index in [1.54, 1.807) is 24.3 Å². The van der Waals surface area contributed by atoms with Crippen LogP contribution in [-0.4, -0.2) is 44.2 Å². The maximum atomic E-state index is 12.9. The zero-order chi connectivity index (χ0) is 21.0. The number of esters is 1. The molecular formula is C20H19BrClNO5S. The molecule has 29 heavy (non-hydrogen) atoms. The van der Waals surface area contributed by atoms with Crippen molar-refractivity contribution in [2.75, 3.05) is 19.7 Å². The van der Waals surface area contributed by atoms with E-state index in [2.05, 4.69) is 15.9 Å². The number of rotatable bonds is 6. The summed E-state index contributed by atoms with van der Waals surface area (Å²) in [6, 6.07) is 10.7. The minimum absolute atomic E-state index is 0.0184. The molecule has 3 rings (SSSR count). The number of ether oxygens (including phenoxy) is 1. The largest absolute Gasteiger partial charge is 0.454 e. The summed E-state index contributed by atoms with van der Waals surface area (Å²) in [5, 5.41) is 0.0383. The summed E-state index contributed by atoms with van der Waals surface area (Å²) in [5.74, 6) is -1.17. The van der Waals surface area contributed by atoms with Crippen LogP contribution in [0.1, 0.15) is 40.0 Å². The molecule has 0 aromatic heterocycles. The number of piperidine rings is 1. The number of carbonyl (C=O) groups is 2. The third-order valence-electron chi connectivity index (χ3n) is 4.61. The summed E-state index contributed by atoms with van der Waals surface area (Å²) in [6.45, 7) is 0.389. The lowest BCUT2D eigenvalue weighted by Gasteiger charge is -2.26. The number of nitrogens with zero attached hydrogens (tertiary/aromatic N) is 1. The monoisotopic (exact) mass is 499 g/mol. The lowest BCUT2D eigenvalue weighted by molar-refractivity contribution is 0.0474. The highest BCUT2D eigenvalue weighted by Crippen LogP contribution is 2.28. The Kier molecular flexibility index (Phi) is 7.10. The fourth-order valence-electron chi connectivity index (χ4n) is 3.05. The Hall–Kier alpha value is -1.74. The first-order valence-corrected chi connectivity index (χ1v) is 11.7. The van der Waals surface area contributed by atoms with Gasteiger partial charge in [-0.2, -0.15) is 4.31 Å². The van der Waals surface area contributed by atoms with Gasteiger partial charge in [0.25, 0.3) is 0 Å². The van der Waals surface area contributed by atoms with Gasteiger partial charge in [0.1, 0.15) is 4.90 Å². The average molecular weight is 501 g/mol. The molecule has 6 nitrogen and oxygen atoms in total. The first-order valence-electron chi connectivity index (χ1n) is 9.05. The van der Waals surface area contributed by atoms with Gasteiger partial charge in [-0.3, -0.25) is 4.79 Å². The number of hydrogen-bond donors (Lipinski definition) is 0. The molecule has 0 bridgehead atoms. The normalized spacial score (nSPS) is 15.1.